The van der Waals surface area contributed by atoms with Gasteiger partial charge >= 0.3 is 5.97 Å². The number of nitrogens with zero attached hydrogens (tertiary/aromatic N) is 3. The Balaban J connectivity index is 1.91. The van der Waals surface area contributed by atoms with Gasteiger partial charge in [0.2, 0.25) is 0 Å². The zero-order valence-corrected chi connectivity index (χ0v) is 18.7. The normalized spacial score (nSPS) is 16.3. The highest BCUT2D eigenvalue weighted by Crippen LogP contribution is 2.43. The number of benzene rings is 1. The van der Waals surface area contributed by atoms with E-state index in [9.17, 15) is 14.4 Å². The molecule has 0 aliphatic carbocycles. The van der Waals surface area contributed by atoms with Crippen LogP contribution in [-0.4, -0.2) is 34.2 Å². The highest BCUT2D eigenvalue weighted by Gasteiger charge is 2.49. The SMILES string of the molecule is CCOC(=O)C(C(=O)C(C)C)C1c2ccccc2C(=O)N1c1ccc2ccc(Cl)nc2n1. The van der Waals surface area contributed by atoms with Gasteiger partial charge in [0.05, 0.1) is 12.6 Å². The molecule has 0 saturated carbocycles. The van der Waals surface area contributed by atoms with E-state index in [1.807, 2.05) is 0 Å². The number of pyridine rings is 2. The summed E-state index contributed by atoms with van der Waals surface area (Å²) in [4.78, 5) is 49.8. The van der Waals surface area contributed by atoms with E-state index in [4.69, 9.17) is 16.3 Å². The summed E-state index contributed by atoms with van der Waals surface area (Å²) in [6.07, 6.45) is 0. The molecule has 7 nitrogen and oxygen atoms in total. The van der Waals surface area contributed by atoms with Gasteiger partial charge in [-0.1, -0.05) is 43.6 Å². The lowest BCUT2D eigenvalue weighted by Crippen LogP contribution is -2.42. The summed E-state index contributed by atoms with van der Waals surface area (Å²) in [7, 11) is 0. The fourth-order valence-electron chi connectivity index (χ4n) is 4.01. The highest BCUT2D eigenvalue weighted by atomic mass is 35.5. The number of fused-ring (bicyclic) bond motifs is 2. The number of hydrogen-bond acceptors (Lipinski definition) is 6. The van der Waals surface area contributed by atoms with Gasteiger partial charge in [0, 0.05) is 16.9 Å². The Morgan fingerprint density at radius 1 is 1.09 bits per heavy atom. The van der Waals surface area contributed by atoms with Crippen LogP contribution in [0.2, 0.25) is 5.15 Å². The number of ketones is 1. The maximum Gasteiger partial charge on any atom is 0.318 e. The quantitative estimate of drug-likeness (QED) is 0.313. The fraction of sp³-hybridized carbons (Fsp3) is 0.292. The van der Waals surface area contributed by atoms with Crippen molar-refractivity contribution in [3.63, 3.8) is 0 Å². The van der Waals surface area contributed by atoms with Crippen molar-refractivity contribution >= 4 is 46.1 Å². The lowest BCUT2D eigenvalue weighted by molar-refractivity contribution is -0.153. The number of halogens is 1. The molecular formula is C24H22ClN3O4. The number of carbonyl (C=O) groups is 3. The van der Waals surface area contributed by atoms with Gasteiger partial charge in [-0.25, -0.2) is 9.97 Å². The number of hydrogen-bond donors (Lipinski definition) is 0. The molecule has 0 N–H and O–H groups in total. The summed E-state index contributed by atoms with van der Waals surface area (Å²) in [5.41, 5.74) is 1.37. The van der Waals surface area contributed by atoms with E-state index in [1.165, 1.54) is 4.90 Å². The van der Waals surface area contributed by atoms with E-state index in [0.717, 1.165) is 5.39 Å². The highest BCUT2D eigenvalue weighted by molar-refractivity contribution is 6.29. The fourth-order valence-corrected chi connectivity index (χ4v) is 4.15. The molecular weight excluding hydrogens is 430 g/mol. The molecule has 0 radical (unpaired) electrons. The number of esters is 1. The van der Waals surface area contributed by atoms with Crippen molar-refractivity contribution in [2.24, 2.45) is 11.8 Å². The molecule has 0 fully saturated rings. The van der Waals surface area contributed by atoms with Gasteiger partial charge < -0.3 is 4.74 Å². The average Bonchev–Trinajstić information content (AvgIpc) is 3.06. The molecule has 0 saturated heterocycles. The maximum absolute atomic E-state index is 13.5. The predicted octanol–water partition coefficient (Wildman–Crippen LogP) is 4.39. The van der Waals surface area contributed by atoms with Gasteiger partial charge in [0.15, 0.2) is 11.4 Å². The molecule has 3 aromatic rings. The van der Waals surface area contributed by atoms with Crippen LogP contribution in [0.5, 0.6) is 0 Å². The van der Waals surface area contributed by atoms with Gasteiger partial charge in [-0.3, -0.25) is 19.3 Å². The first-order chi connectivity index (χ1) is 15.3. The molecule has 0 spiro atoms. The largest absolute Gasteiger partial charge is 0.465 e. The molecule has 1 aliphatic heterocycles. The van der Waals surface area contributed by atoms with Crippen molar-refractivity contribution in [2.75, 3.05) is 11.5 Å². The number of anilines is 1. The molecule has 32 heavy (non-hydrogen) atoms. The maximum atomic E-state index is 13.5. The van der Waals surface area contributed by atoms with E-state index in [-0.39, 0.29) is 29.3 Å². The van der Waals surface area contributed by atoms with Crippen molar-refractivity contribution < 1.29 is 19.1 Å². The summed E-state index contributed by atoms with van der Waals surface area (Å²) in [5, 5.41) is 1.02. The Kier molecular flexibility index (Phi) is 5.93. The minimum atomic E-state index is -1.19. The monoisotopic (exact) mass is 451 g/mol. The molecule has 1 aliphatic rings. The molecule has 1 amide bonds. The third kappa shape index (κ3) is 3.73. The van der Waals surface area contributed by atoms with Crippen LogP contribution in [0.3, 0.4) is 0 Å². The van der Waals surface area contributed by atoms with E-state index in [2.05, 4.69) is 9.97 Å². The van der Waals surface area contributed by atoms with Gasteiger partial charge in [-0.05, 0) is 42.8 Å². The van der Waals surface area contributed by atoms with Crippen LogP contribution in [-0.2, 0) is 14.3 Å². The third-order valence-electron chi connectivity index (χ3n) is 5.49. The van der Waals surface area contributed by atoms with Gasteiger partial charge in [-0.2, -0.15) is 0 Å². The molecule has 2 atom stereocenters. The van der Waals surface area contributed by atoms with Crippen LogP contribution >= 0.6 is 11.6 Å². The topological polar surface area (TPSA) is 89.5 Å². The number of aromatic nitrogens is 2. The average molecular weight is 452 g/mol. The third-order valence-corrected chi connectivity index (χ3v) is 5.70. The number of amides is 1. The Morgan fingerprint density at radius 2 is 1.81 bits per heavy atom. The second kappa shape index (κ2) is 8.67. The molecule has 2 unspecified atom stereocenters. The number of carbonyl (C=O) groups excluding carboxylic acids is 3. The number of Topliss-reactive ketones (excluding diaryl/α,β-unsaturated/α-hetero) is 1. The minimum Gasteiger partial charge on any atom is -0.465 e. The lowest BCUT2D eigenvalue weighted by atomic mass is 9.85. The standard InChI is InChI=1S/C24H22ClN3O4/c1-4-32-24(31)19(21(29)13(2)3)20-15-7-5-6-8-16(15)23(30)28(20)18-12-10-14-9-11-17(25)26-22(14)27-18/h5-13,19-20H,4H2,1-3H3. The number of rotatable bonds is 6. The zero-order valence-electron chi connectivity index (χ0n) is 17.9. The summed E-state index contributed by atoms with van der Waals surface area (Å²) < 4.78 is 5.26. The summed E-state index contributed by atoms with van der Waals surface area (Å²) in [5.74, 6) is -2.64. The van der Waals surface area contributed by atoms with Crippen molar-refractivity contribution in [1.82, 2.24) is 9.97 Å². The van der Waals surface area contributed by atoms with Crippen LogP contribution < -0.4 is 4.90 Å². The Bertz CT molecular complexity index is 1230. The van der Waals surface area contributed by atoms with Gasteiger partial charge in [-0.15, -0.1) is 0 Å². The Morgan fingerprint density at radius 3 is 2.53 bits per heavy atom. The first kappa shape index (κ1) is 21.9. The van der Waals surface area contributed by atoms with Crippen LogP contribution in [0.25, 0.3) is 11.0 Å². The van der Waals surface area contributed by atoms with E-state index in [0.29, 0.717) is 16.8 Å². The smallest absolute Gasteiger partial charge is 0.318 e. The molecule has 3 heterocycles. The second-order valence-corrected chi connectivity index (χ2v) is 8.23. The van der Waals surface area contributed by atoms with Gasteiger partial charge in [0.1, 0.15) is 16.9 Å². The molecule has 164 valence electrons. The molecule has 4 rings (SSSR count). The lowest BCUT2D eigenvalue weighted by Gasteiger charge is -2.30. The predicted molar refractivity (Wildman–Crippen MR) is 121 cm³/mol. The first-order valence-electron chi connectivity index (χ1n) is 10.4. The van der Waals surface area contributed by atoms with Crippen molar-refractivity contribution in [3.8, 4) is 0 Å². The molecule has 8 heteroatoms. The first-order valence-corrected chi connectivity index (χ1v) is 10.8. The summed E-state index contributed by atoms with van der Waals surface area (Å²) in [6.45, 7) is 5.25. The van der Waals surface area contributed by atoms with Crippen LogP contribution in [0.1, 0.15) is 42.7 Å². The second-order valence-electron chi connectivity index (χ2n) is 7.84. The van der Waals surface area contributed by atoms with E-state index < -0.39 is 23.8 Å². The van der Waals surface area contributed by atoms with Gasteiger partial charge in [0.25, 0.3) is 5.91 Å². The molecule has 0 bridgehead atoms. The summed E-state index contributed by atoms with van der Waals surface area (Å²) in [6, 6.07) is 13.0. The molecule has 2 aromatic heterocycles. The van der Waals surface area contributed by atoms with Crippen molar-refractivity contribution in [3.05, 3.63) is 64.8 Å². The minimum absolute atomic E-state index is 0.125. The zero-order chi connectivity index (χ0) is 23.0. The van der Waals surface area contributed by atoms with Crippen molar-refractivity contribution in [1.29, 1.82) is 0 Å². The van der Waals surface area contributed by atoms with Crippen molar-refractivity contribution in [2.45, 2.75) is 26.8 Å². The van der Waals surface area contributed by atoms with Crippen LogP contribution in [0.4, 0.5) is 5.82 Å². The van der Waals surface area contributed by atoms with Crippen LogP contribution in [0, 0.1) is 11.8 Å². The Hall–Kier alpha value is -3.32. The number of ether oxygens (including phenoxy) is 1. The Labute approximate surface area is 190 Å². The molecule has 1 aromatic carbocycles. The van der Waals surface area contributed by atoms with Crippen LogP contribution in [0.15, 0.2) is 48.5 Å². The summed E-state index contributed by atoms with van der Waals surface area (Å²) >= 11 is 6.03. The van der Waals surface area contributed by atoms with E-state index in [1.54, 1.807) is 69.3 Å². The van der Waals surface area contributed by atoms with E-state index >= 15 is 0 Å².